The molecule has 94 valence electrons. The van der Waals surface area contributed by atoms with E-state index >= 15 is 0 Å². The van der Waals surface area contributed by atoms with Gasteiger partial charge in [-0.3, -0.25) is 0 Å². The lowest BCUT2D eigenvalue weighted by molar-refractivity contribution is 0.230. The highest BCUT2D eigenvalue weighted by molar-refractivity contribution is 7.90. The Morgan fingerprint density at radius 1 is 1.00 bits per heavy atom. The van der Waals surface area contributed by atoms with Gasteiger partial charge in [-0.15, -0.1) is 0 Å². The van der Waals surface area contributed by atoms with E-state index in [1.165, 1.54) is 0 Å². The average Bonchev–Trinajstić information content (AvgIpc) is 2.80. The second-order valence-electron chi connectivity index (χ2n) is 5.01. The van der Waals surface area contributed by atoms with Gasteiger partial charge in [-0.25, -0.2) is 12.7 Å². The van der Waals surface area contributed by atoms with Crippen molar-refractivity contribution in [3.8, 4) is 0 Å². The summed E-state index contributed by atoms with van der Waals surface area (Å²) in [5, 5.41) is 9.48. The van der Waals surface area contributed by atoms with E-state index in [1.54, 1.807) is 4.31 Å². The number of nitrogens with zero attached hydrogens (tertiary/aromatic N) is 1. The van der Waals surface area contributed by atoms with Crippen LogP contribution in [-0.2, 0) is 10.0 Å². The lowest BCUT2D eigenvalue weighted by Gasteiger charge is -2.35. The first-order valence-electron chi connectivity index (χ1n) is 6.23. The Labute approximate surface area is 97.7 Å². The molecule has 0 aromatic rings. The van der Waals surface area contributed by atoms with Crippen molar-refractivity contribution in [2.45, 2.75) is 49.7 Å². The minimum absolute atomic E-state index is 0.216. The molecule has 16 heavy (non-hydrogen) atoms. The molecule has 2 aliphatic rings. The standard InChI is InChI=1S/C11H21NO3S/c13-10-11(6-2-3-7-11)16(14,15)12-8-4-1-5-9-12/h13H,1-10H2. The summed E-state index contributed by atoms with van der Waals surface area (Å²) in [5.41, 5.74) is 0. The molecular weight excluding hydrogens is 226 g/mol. The highest BCUT2D eigenvalue weighted by atomic mass is 32.2. The number of hydrogen-bond donors (Lipinski definition) is 1. The van der Waals surface area contributed by atoms with Crippen molar-refractivity contribution >= 4 is 10.0 Å². The zero-order valence-electron chi connectivity index (χ0n) is 9.69. The maximum Gasteiger partial charge on any atom is 0.222 e. The van der Waals surface area contributed by atoms with Gasteiger partial charge in [0.25, 0.3) is 0 Å². The SMILES string of the molecule is O=S(=O)(N1CCCCC1)C1(CO)CCCC1. The van der Waals surface area contributed by atoms with Crippen LogP contribution >= 0.6 is 0 Å². The molecule has 1 aliphatic heterocycles. The molecule has 0 radical (unpaired) electrons. The number of sulfonamides is 1. The molecule has 1 heterocycles. The molecule has 2 rings (SSSR count). The number of rotatable bonds is 3. The van der Waals surface area contributed by atoms with Crippen LogP contribution in [0, 0.1) is 0 Å². The van der Waals surface area contributed by atoms with Crippen molar-refractivity contribution in [1.82, 2.24) is 4.31 Å². The second-order valence-corrected chi connectivity index (χ2v) is 7.35. The summed E-state index contributed by atoms with van der Waals surface area (Å²) in [6, 6.07) is 0. The minimum atomic E-state index is -3.29. The summed E-state index contributed by atoms with van der Waals surface area (Å²) in [6.45, 7) is 1.07. The fourth-order valence-corrected chi connectivity index (χ4v) is 5.15. The first kappa shape index (κ1) is 12.3. The van der Waals surface area contributed by atoms with Crippen LogP contribution in [-0.4, -0.2) is 42.3 Å². The Bertz CT molecular complexity index is 327. The van der Waals surface area contributed by atoms with Crippen LogP contribution in [0.2, 0.25) is 0 Å². The van der Waals surface area contributed by atoms with Crippen molar-refractivity contribution in [3.63, 3.8) is 0 Å². The van der Waals surface area contributed by atoms with E-state index in [0.29, 0.717) is 25.9 Å². The lowest BCUT2D eigenvalue weighted by atomic mass is 10.1. The first-order chi connectivity index (χ1) is 7.62. The normalized spacial score (nSPS) is 27.1. The Balaban J connectivity index is 2.22. The molecule has 1 saturated heterocycles. The summed E-state index contributed by atoms with van der Waals surface area (Å²) in [5.74, 6) is 0. The molecule has 0 aromatic carbocycles. The van der Waals surface area contributed by atoms with Crippen molar-refractivity contribution in [2.24, 2.45) is 0 Å². The van der Waals surface area contributed by atoms with E-state index in [1.807, 2.05) is 0 Å². The topological polar surface area (TPSA) is 57.6 Å². The molecule has 4 nitrogen and oxygen atoms in total. The monoisotopic (exact) mass is 247 g/mol. The zero-order valence-corrected chi connectivity index (χ0v) is 10.5. The lowest BCUT2D eigenvalue weighted by Crippen LogP contribution is -2.50. The molecule has 1 saturated carbocycles. The first-order valence-corrected chi connectivity index (χ1v) is 7.67. The number of aliphatic hydroxyl groups excluding tert-OH is 1. The third-order valence-corrected chi connectivity index (χ3v) is 6.68. The van der Waals surface area contributed by atoms with Crippen LogP contribution < -0.4 is 0 Å². The van der Waals surface area contributed by atoms with Gasteiger partial charge in [0.05, 0.1) is 6.61 Å². The van der Waals surface area contributed by atoms with Gasteiger partial charge in [-0.1, -0.05) is 19.3 Å². The van der Waals surface area contributed by atoms with Gasteiger partial charge in [-0.2, -0.15) is 0 Å². The summed E-state index contributed by atoms with van der Waals surface area (Å²) in [6.07, 6.45) is 6.14. The van der Waals surface area contributed by atoms with E-state index in [0.717, 1.165) is 32.1 Å². The van der Waals surface area contributed by atoms with Gasteiger partial charge in [0, 0.05) is 13.1 Å². The van der Waals surface area contributed by atoms with E-state index in [2.05, 4.69) is 0 Å². The van der Waals surface area contributed by atoms with Gasteiger partial charge in [0.1, 0.15) is 4.75 Å². The molecule has 0 unspecified atom stereocenters. The van der Waals surface area contributed by atoms with Crippen molar-refractivity contribution in [3.05, 3.63) is 0 Å². The largest absolute Gasteiger partial charge is 0.395 e. The summed E-state index contributed by atoms with van der Waals surface area (Å²) >= 11 is 0. The molecule has 5 heteroatoms. The van der Waals surface area contributed by atoms with Gasteiger partial charge >= 0.3 is 0 Å². The van der Waals surface area contributed by atoms with Crippen LogP contribution in [0.5, 0.6) is 0 Å². The van der Waals surface area contributed by atoms with Crippen LogP contribution in [0.15, 0.2) is 0 Å². The molecule has 1 N–H and O–H groups in total. The molecule has 0 aromatic heterocycles. The predicted octanol–water partition coefficient (Wildman–Crippen LogP) is 1.11. The molecule has 2 fully saturated rings. The maximum atomic E-state index is 12.5. The van der Waals surface area contributed by atoms with E-state index in [9.17, 15) is 13.5 Å². The minimum Gasteiger partial charge on any atom is -0.395 e. The Kier molecular flexibility index (Phi) is 3.56. The third kappa shape index (κ3) is 1.89. The molecule has 0 bridgehead atoms. The van der Waals surface area contributed by atoms with Gasteiger partial charge < -0.3 is 5.11 Å². The van der Waals surface area contributed by atoms with Crippen molar-refractivity contribution in [2.75, 3.05) is 19.7 Å². The molecule has 0 spiro atoms. The fraction of sp³-hybridized carbons (Fsp3) is 1.00. The van der Waals surface area contributed by atoms with E-state index in [-0.39, 0.29) is 6.61 Å². The third-order valence-electron chi connectivity index (χ3n) is 4.01. The molecule has 1 aliphatic carbocycles. The zero-order chi connectivity index (χ0) is 11.6. The van der Waals surface area contributed by atoms with Crippen molar-refractivity contribution in [1.29, 1.82) is 0 Å². The number of hydrogen-bond acceptors (Lipinski definition) is 3. The number of piperidine rings is 1. The highest BCUT2D eigenvalue weighted by Crippen LogP contribution is 2.39. The smallest absolute Gasteiger partial charge is 0.222 e. The summed E-state index contributed by atoms with van der Waals surface area (Å²) in [4.78, 5) is 0. The fourth-order valence-electron chi connectivity index (χ4n) is 2.90. The quantitative estimate of drug-likeness (QED) is 0.812. The number of aliphatic hydroxyl groups is 1. The Morgan fingerprint density at radius 2 is 1.56 bits per heavy atom. The molecular formula is C11H21NO3S. The maximum absolute atomic E-state index is 12.5. The second kappa shape index (κ2) is 4.63. The van der Waals surface area contributed by atoms with Gasteiger partial charge in [0.15, 0.2) is 0 Å². The Morgan fingerprint density at radius 3 is 2.06 bits per heavy atom. The summed E-state index contributed by atoms with van der Waals surface area (Å²) in [7, 11) is -3.29. The van der Waals surface area contributed by atoms with Crippen LogP contribution in [0.1, 0.15) is 44.9 Å². The van der Waals surface area contributed by atoms with Crippen LogP contribution in [0.3, 0.4) is 0 Å². The van der Waals surface area contributed by atoms with Crippen LogP contribution in [0.4, 0.5) is 0 Å². The molecule has 0 amide bonds. The van der Waals surface area contributed by atoms with Crippen molar-refractivity contribution < 1.29 is 13.5 Å². The average molecular weight is 247 g/mol. The van der Waals surface area contributed by atoms with Crippen LogP contribution in [0.25, 0.3) is 0 Å². The van der Waals surface area contributed by atoms with E-state index in [4.69, 9.17) is 0 Å². The highest BCUT2D eigenvalue weighted by Gasteiger charge is 2.48. The Hall–Kier alpha value is -0.130. The van der Waals surface area contributed by atoms with Gasteiger partial charge in [-0.05, 0) is 25.7 Å². The van der Waals surface area contributed by atoms with Gasteiger partial charge in [0.2, 0.25) is 10.0 Å². The summed E-state index contributed by atoms with van der Waals surface area (Å²) < 4.78 is 25.8. The predicted molar refractivity (Wildman–Crippen MR) is 62.6 cm³/mol. The van der Waals surface area contributed by atoms with E-state index < -0.39 is 14.8 Å². The molecule has 0 atom stereocenters.